The van der Waals surface area contributed by atoms with Gasteiger partial charge in [-0.25, -0.2) is 4.98 Å². The summed E-state index contributed by atoms with van der Waals surface area (Å²) in [6.07, 6.45) is 4.75. The van der Waals surface area contributed by atoms with Gasteiger partial charge in [0, 0.05) is 0 Å². The van der Waals surface area contributed by atoms with Gasteiger partial charge in [-0.15, -0.1) is 0 Å². The standard InChI is InChI=1S/C11H15N5OS/c1-2-3-4-5-17-10-8-9(15-11(12)16-10)13-6-7(18)14-8/h6H,2-5H2,1H3,(H,14,18)(H2,12,13,15,16). The number of nitrogens with one attached hydrogen (secondary N) is 1. The van der Waals surface area contributed by atoms with Gasteiger partial charge in [0.1, 0.15) is 10.2 Å². The van der Waals surface area contributed by atoms with Crippen LogP contribution in [0.5, 0.6) is 5.88 Å². The van der Waals surface area contributed by atoms with Crippen molar-refractivity contribution in [3.05, 3.63) is 10.8 Å². The highest BCUT2D eigenvalue weighted by Gasteiger charge is 2.08. The first-order valence-corrected chi connectivity index (χ1v) is 6.27. The number of aromatic amines is 1. The maximum atomic E-state index is 5.61. The summed E-state index contributed by atoms with van der Waals surface area (Å²) in [6, 6.07) is 0. The second-order valence-electron chi connectivity index (χ2n) is 3.89. The number of hydrogen-bond acceptors (Lipinski definition) is 6. The summed E-state index contributed by atoms with van der Waals surface area (Å²) in [6.45, 7) is 2.73. The lowest BCUT2D eigenvalue weighted by molar-refractivity contribution is 0.298. The molecule has 0 amide bonds. The predicted octanol–water partition coefficient (Wildman–Crippen LogP) is 2.23. The SMILES string of the molecule is CCCCCOc1nc(N)nc2ncc(=S)[nH]c12. The second kappa shape index (κ2) is 5.72. The molecule has 0 saturated carbocycles. The minimum absolute atomic E-state index is 0.144. The van der Waals surface area contributed by atoms with Crippen LogP contribution in [0.4, 0.5) is 5.95 Å². The normalized spacial score (nSPS) is 10.7. The number of fused-ring (bicyclic) bond motifs is 1. The number of unbranched alkanes of at least 4 members (excludes halogenated alkanes) is 2. The van der Waals surface area contributed by atoms with E-state index in [4.69, 9.17) is 22.7 Å². The molecule has 18 heavy (non-hydrogen) atoms. The molecule has 0 aliphatic heterocycles. The van der Waals surface area contributed by atoms with Gasteiger partial charge < -0.3 is 15.5 Å². The fourth-order valence-corrected chi connectivity index (χ4v) is 1.70. The number of ether oxygens (including phenoxy) is 1. The molecule has 7 heteroatoms. The topological polar surface area (TPSA) is 89.7 Å². The first-order valence-electron chi connectivity index (χ1n) is 5.86. The van der Waals surface area contributed by atoms with E-state index in [9.17, 15) is 0 Å². The second-order valence-corrected chi connectivity index (χ2v) is 4.33. The Morgan fingerprint density at radius 3 is 3.00 bits per heavy atom. The van der Waals surface area contributed by atoms with Crippen LogP contribution in [0.1, 0.15) is 26.2 Å². The average molecular weight is 265 g/mol. The fourth-order valence-electron chi connectivity index (χ4n) is 1.55. The predicted molar refractivity (Wildman–Crippen MR) is 72.0 cm³/mol. The summed E-state index contributed by atoms with van der Waals surface area (Å²) in [5, 5.41) is 0. The number of aromatic nitrogens is 4. The van der Waals surface area contributed by atoms with Crippen molar-refractivity contribution in [2.24, 2.45) is 0 Å². The van der Waals surface area contributed by atoms with Crippen LogP contribution in [0.25, 0.3) is 11.2 Å². The summed E-state index contributed by atoms with van der Waals surface area (Å²) in [7, 11) is 0. The Morgan fingerprint density at radius 1 is 1.39 bits per heavy atom. The van der Waals surface area contributed by atoms with E-state index in [1.807, 2.05) is 0 Å². The lowest BCUT2D eigenvalue weighted by Crippen LogP contribution is -2.05. The van der Waals surface area contributed by atoms with Crippen LogP contribution in [0.3, 0.4) is 0 Å². The zero-order valence-electron chi connectivity index (χ0n) is 10.1. The van der Waals surface area contributed by atoms with E-state index in [0.29, 0.717) is 28.3 Å². The maximum Gasteiger partial charge on any atom is 0.245 e. The molecule has 0 aliphatic carbocycles. The molecular weight excluding hydrogens is 250 g/mol. The minimum atomic E-state index is 0.144. The first kappa shape index (κ1) is 12.7. The maximum absolute atomic E-state index is 5.61. The number of anilines is 1. The highest BCUT2D eigenvalue weighted by atomic mass is 32.1. The number of nitrogens with zero attached hydrogens (tertiary/aromatic N) is 3. The molecule has 0 saturated heterocycles. The molecule has 0 unspecified atom stereocenters. The Bertz CT molecular complexity index is 597. The third-order valence-corrected chi connectivity index (χ3v) is 2.62. The highest BCUT2D eigenvalue weighted by molar-refractivity contribution is 7.71. The largest absolute Gasteiger partial charge is 0.476 e. The van der Waals surface area contributed by atoms with Crippen molar-refractivity contribution in [1.82, 2.24) is 19.9 Å². The Morgan fingerprint density at radius 2 is 2.22 bits per heavy atom. The van der Waals surface area contributed by atoms with Gasteiger partial charge in [0.05, 0.1) is 12.8 Å². The molecule has 0 radical (unpaired) electrons. The van der Waals surface area contributed by atoms with Crippen molar-refractivity contribution < 1.29 is 4.74 Å². The Balaban J connectivity index is 2.29. The molecule has 2 heterocycles. The van der Waals surface area contributed by atoms with E-state index in [1.54, 1.807) is 0 Å². The number of nitrogens with two attached hydrogens (primary N) is 1. The van der Waals surface area contributed by atoms with Crippen LogP contribution in [0, 0.1) is 4.64 Å². The summed E-state index contributed by atoms with van der Waals surface area (Å²) in [5.41, 5.74) is 6.66. The Hall–Kier alpha value is -1.76. The van der Waals surface area contributed by atoms with Gasteiger partial charge in [0.25, 0.3) is 0 Å². The molecule has 0 spiro atoms. The summed E-state index contributed by atoms with van der Waals surface area (Å²) < 4.78 is 6.12. The van der Waals surface area contributed by atoms with Gasteiger partial charge >= 0.3 is 0 Å². The van der Waals surface area contributed by atoms with Gasteiger partial charge in [-0.05, 0) is 6.42 Å². The average Bonchev–Trinajstić information content (AvgIpc) is 2.35. The molecule has 0 bridgehead atoms. The van der Waals surface area contributed by atoms with Crippen LogP contribution >= 0.6 is 12.2 Å². The van der Waals surface area contributed by atoms with E-state index in [2.05, 4.69) is 26.9 Å². The molecule has 2 aromatic heterocycles. The smallest absolute Gasteiger partial charge is 0.245 e. The first-order chi connectivity index (χ1) is 8.70. The van der Waals surface area contributed by atoms with Crippen molar-refractivity contribution >= 4 is 29.3 Å². The number of hydrogen-bond donors (Lipinski definition) is 2. The van der Waals surface area contributed by atoms with Gasteiger partial charge in [-0.1, -0.05) is 32.0 Å². The van der Waals surface area contributed by atoms with Gasteiger partial charge in [0.15, 0.2) is 5.65 Å². The molecule has 0 aromatic carbocycles. The quantitative estimate of drug-likeness (QED) is 0.636. The fraction of sp³-hybridized carbons (Fsp3) is 0.455. The Labute approximate surface area is 110 Å². The van der Waals surface area contributed by atoms with E-state index >= 15 is 0 Å². The van der Waals surface area contributed by atoms with Crippen molar-refractivity contribution in [3.8, 4) is 5.88 Å². The van der Waals surface area contributed by atoms with Crippen LogP contribution in [0.15, 0.2) is 6.20 Å². The highest BCUT2D eigenvalue weighted by Crippen LogP contribution is 2.19. The van der Waals surface area contributed by atoms with Gasteiger partial charge in [-0.3, -0.25) is 0 Å². The molecular formula is C11H15N5OS. The third-order valence-electron chi connectivity index (χ3n) is 2.41. The van der Waals surface area contributed by atoms with E-state index < -0.39 is 0 Å². The van der Waals surface area contributed by atoms with E-state index in [1.165, 1.54) is 6.20 Å². The van der Waals surface area contributed by atoms with Gasteiger partial charge in [0.2, 0.25) is 11.8 Å². The number of H-pyrrole nitrogens is 1. The van der Waals surface area contributed by atoms with Crippen molar-refractivity contribution in [1.29, 1.82) is 0 Å². The van der Waals surface area contributed by atoms with Crippen molar-refractivity contribution in [2.75, 3.05) is 12.3 Å². The van der Waals surface area contributed by atoms with Crippen molar-refractivity contribution in [3.63, 3.8) is 0 Å². The van der Waals surface area contributed by atoms with Crippen LogP contribution in [0.2, 0.25) is 0 Å². The molecule has 6 nitrogen and oxygen atoms in total. The molecule has 0 fully saturated rings. The van der Waals surface area contributed by atoms with Crippen molar-refractivity contribution in [2.45, 2.75) is 26.2 Å². The zero-order valence-corrected chi connectivity index (χ0v) is 11.0. The number of rotatable bonds is 5. The number of nitrogen functional groups attached to an aromatic ring is 1. The molecule has 2 aromatic rings. The molecule has 3 N–H and O–H groups in total. The summed E-state index contributed by atoms with van der Waals surface area (Å²) in [4.78, 5) is 15.2. The molecule has 0 aliphatic rings. The van der Waals surface area contributed by atoms with Crippen LogP contribution < -0.4 is 10.5 Å². The molecule has 96 valence electrons. The van der Waals surface area contributed by atoms with Gasteiger partial charge in [-0.2, -0.15) is 9.97 Å². The zero-order chi connectivity index (χ0) is 13.0. The van der Waals surface area contributed by atoms with Crippen LogP contribution in [-0.2, 0) is 0 Å². The lowest BCUT2D eigenvalue weighted by Gasteiger charge is -2.07. The monoisotopic (exact) mass is 265 g/mol. The van der Waals surface area contributed by atoms with Crippen LogP contribution in [-0.4, -0.2) is 26.5 Å². The molecule has 0 atom stereocenters. The molecule has 2 rings (SSSR count). The third kappa shape index (κ3) is 2.92. The Kier molecular flexibility index (Phi) is 4.03. The van der Waals surface area contributed by atoms with E-state index in [-0.39, 0.29) is 5.95 Å². The minimum Gasteiger partial charge on any atom is -0.476 e. The van der Waals surface area contributed by atoms with E-state index in [0.717, 1.165) is 19.3 Å². The summed E-state index contributed by atoms with van der Waals surface area (Å²) in [5.74, 6) is 0.554. The lowest BCUT2D eigenvalue weighted by atomic mass is 10.3. The summed E-state index contributed by atoms with van der Waals surface area (Å²) >= 11 is 5.03.